The highest BCUT2D eigenvalue weighted by Crippen LogP contribution is 2.53. The minimum atomic E-state index is 0.622. The average molecular weight is 618 g/mol. The van der Waals surface area contributed by atoms with Gasteiger partial charge in [0, 0.05) is 47.5 Å². The fourth-order valence-corrected chi connectivity index (χ4v) is 8.79. The van der Waals surface area contributed by atoms with Crippen molar-refractivity contribution in [2.24, 2.45) is 0 Å². The lowest BCUT2D eigenvalue weighted by Gasteiger charge is -2.33. The van der Waals surface area contributed by atoms with Gasteiger partial charge in [-0.1, -0.05) is 115 Å². The summed E-state index contributed by atoms with van der Waals surface area (Å²) in [5.74, 6) is 0.622. The minimum absolute atomic E-state index is 0.622. The maximum Gasteiger partial charge on any atom is 0.236 e. The lowest BCUT2D eigenvalue weighted by Crippen LogP contribution is -2.18. The van der Waals surface area contributed by atoms with Crippen molar-refractivity contribution in [3.63, 3.8) is 0 Å². The Bertz CT molecular complexity index is 2930. The summed E-state index contributed by atoms with van der Waals surface area (Å²) in [4.78, 5) is 13.2. The van der Waals surface area contributed by atoms with E-state index in [1.165, 1.54) is 47.5 Å². The SMILES string of the molecule is c1ccc2c3c(ccc2c1)-c1cccc2cccc(c12)N3c1nc(-c2cccc3c2sc2ccccc23)c2oc3ccccc3c2n1. The third-order valence-electron chi connectivity index (χ3n) is 9.61. The number of rotatable bonds is 2. The monoisotopic (exact) mass is 617 g/mol. The number of furan rings is 1. The largest absolute Gasteiger partial charge is 0.452 e. The molecule has 0 aliphatic carbocycles. The Kier molecular flexibility index (Phi) is 4.96. The van der Waals surface area contributed by atoms with Crippen LogP contribution in [-0.2, 0) is 0 Å². The standard InChI is InChI=1S/C42H23N3OS/c1-2-13-26-24(10-1)22-23-29-28-16-7-11-25-12-8-19-33(36(25)28)45(39(26)29)42-43-37-31-15-3-5-20-34(31)46-40(37)38(44-42)32-18-9-17-30-27-14-4-6-21-35(27)47-41(30)32/h1-23H. The summed E-state index contributed by atoms with van der Waals surface area (Å²) >= 11 is 1.80. The summed E-state index contributed by atoms with van der Waals surface area (Å²) in [6, 6.07) is 49.5. The third kappa shape index (κ3) is 3.41. The molecule has 3 aromatic heterocycles. The lowest BCUT2D eigenvalue weighted by atomic mass is 9.89. The van der Waals surface area contributed by atoms with Crippen molar-refractivity contribution in [3.05, 3.63) is 140 Å². The molecule has 47 heavy (non-hydrogen) atoms. The predicted molar refractivity (Wildman–Crippen MR) is 196 cm³/mol. The Morgan fingerprint density at radius 2 is 1.26 bits per heavy atom. The zero-order chi connectivity index (χ0) is 30.6. The molecule has 0 bridgehead atoms. The molecule has 0 atom stereocenters. The van der Waals surface area contributed by atoms with E-state index in [1.54, 1.807) is 11.3 Å². The van der Waals surface area contributed by atoms with Crippen LogP contribution in [0, 0.1) is 0 Å². The summed E-state index contributed by atoms with van der Waals surface area (Å²) < 4.78 is 9.06. The molecule has 11 rings (SSSR count). The summed E-state index contributed by atoms with van der Waals surface area (Å²) in [7, 11) is 0. The fourth-order valence-electron chi connectivity index (χ4n) is 7.57. The van der Waals surface area contributed by atoms with Gasteiger partial charge >= 0.3 is 0 Å². The van der Waals surface area contributed by atoms with Crippen LogP contribution in [0.15, 0.2) is 144 Å². The number of anilines is 3. The molecule has 1 aliphatic rings. The number of fused-ring (bicyclic) bond motifs is 10. The molecule has 4 heterocycles. The van der Waals surface area contributed by atoms with Crippen molar-refractivity contribution in [1.29, 1.82) is 0 Å². The predicted octanol–water partition coefficient (Wildman–Crippen LogP) is 12.2. The van der Waals surface area contributed by atoms with Crippen molar-refractivity contribution in [2.75, 3.05) is 4.90 Å². The Morgan fingerprint density at radius 3 is 2.19 bits per heavy atom. The topological polar surface area (TPSA) is 42.2 Å². The van der Waals surface area contributed by atoms with Crippen LogP contribution in [0.3, 0.4) is 0 Å². The van der Waals surface area contributed by atoms with Crippen LogP contribution < -0.4 is 4.90 Å². The average Bonchev–Trinajstić information content (AvgIpc) is 3.70. The maximum absolute atomic E-state index is 6.62. The van der Waals surface area contributed by atoms with E-state index >= 15 is 0 Å². The highest BCUT2D eigenvalue weighted by Gasteiger charge is 2.31. The number of hydrogen-bond acceptors (Lipinski definition) is 5. The molecular weight excluding hydrogens is 595 g/mol. The second kappa shape index (κ2) is 9.25. The number of thiophene rings is 1. The van der Waals surface area contributed by atoms with E-state index in [0.717, 1.165) is 44.5 Å². The first kappa shape index (κ1) is 25.2. The molecule has 10 aromatic rings. The summed E-state index contributed by atoms with van der Waals surface area (Å²) in [6.07, 6.45) is 0. The molecular formula is C42H23N3OS. The Hall–Kier alpha value is -6.04. The number of para-hydroxylation sites is 1. The number of hydrogen-bond donors (Lipinski definition) is 0. The maximum atomic E-state index is 6.62. The summed E-state index contributed by atoms with van der Waals surface area (Å²) in [5, 5.41) is 8.17. The molecule has 0 spiro atoms. The zero-order valence-corrected chi connectivity index (χ0v) is 25.8. The van der Waals surface area contributed by atoms with Crippen LogP contribution in [0.1, 0.15) is 0 Å². The second-order valence-corrected chi connectivity index (χ2v) is 13.2. The first-order valence-electron chi connectivity index (χ1n) is 15.8. The lowest BCUT2D eigenvalue weighted by molar-refractivity contribution is 0.667. The first-order valence-corrected chi connectivity index (χ1v) is 16.6. The highest BCUT2D eigenvalue weighted by atomic mass is 32.1. The second-order valence-electron chi connectivity index (χ2n) is 12.1. The van der Waals surface area contributed by atoms with Gasteiger partial charge in [-0.25, -0.2) is 9.97 Å². The molecule has 0 fully saturated rings. The summed E-state index contributed by atoms with van der Waals surface area (Å²) in [5.41, 5.74) is 8.71. The molecule has 0 saturated carbocycles. The van der Waals surface area contributed by atoms with Crippen molar-refractivity contribution in [1.82, 2.24) is 9.97 Å². The molecule has 1 aliphatic heterocycles. The van der Waals surface area contributed by atoms with Gasteiger partial charge < -0.3 is 4.42 Å². The van der Waals surface area contributed by atoms with Crippen molar-refractivity contribution < 1.29 is 4.42 Å². The van der Waals surface area contributed by atoms with Gasteiger partial charge in [0.1, 0.15) is 16.8 Å². The molecule has 0 radical (unpaired) electrons. The van der Waals surface area contributed by atoms with E-state index in [1.807, 2.05) is 18.2 Å². The van der Waals surface area contributed by atoms with E-state index < -0.39 is 0 Å². The van der Waals surface area contributed by atoms with E-state index in [0.29, 0.717) is 11.5 Å². The molecule has 0 amide bonds. The van der Waals surface area contributed by atoms with E-state index in [9.17, 15) is 0 Å². The van der Waals surface area contributed by atoms with E-state index in [-0.39, 0.29) is 0 Å². The number of aromatic nitrogens is 2. The molecule has 0 unspecified atom stereocenters. The van der Waals surface area contributed by atoms with Gasteiger partial charge in [-0.05, 0) is 40.6 Å². The number of nitrogens with zero attached hydrogens (tertiary/aromatic N) is 3. The van der Waals surface area contributed by atoms with Gasteiger partial charge in [0.05, 0.1) is 11.4 Å². The van der Waals surface area contributed by atoms with E-state index in [2.05, 4.69) is 126 Å². The van der Waals surface area contributed by atoms with Gasteiger partial charge in [-0.2, -0.15) is 0 Å². The van der Waals surface area contributed by atoms with Crippen LogP contribution in [-0.4, -0.2) is 9.97 Å². The van der Waals surface area contributed by atoms with Crippen molar-refractivity contribution in [2.45, 2.75) is 0 Å². The Balaban J connectivity index is 1.30. The molecule has 4 nitrogen and oxygen atoms in total. The molecule has 5 heteroatoms. The Labute approximate surface area is 272 Å². The van der Waals surface area contributed by atoms with Gasteiger partial charge in [-0.15, -0.1) is 11.3 Å². The van der Waals surface area contributed by atoms with E-state index in [4.69, 9.17) is 14.4 Å². The fraction of sp³-hybridized carbons (Fsp3) is 0. The van der Waals surface area contributed by atoms with Crippen molar-refractivity contribution in [3.8, 4) is 22.4 Å². The van der Waals surface area contributed by atoms with Crippen LogP contribution in [0.4, 0.5) is 17.3 Å². The quantitative estimate of drug-likeness (QED) is 0.194. The van der Waals surface area contributed by atoms with Crippen molar-refractivity contribution >= 4 is 92.4 Å². The van der Waals surface area contributed by atoms with Gasteiger partial charge in [0.2, 0.25) is 5.95 Å². The Morgan fingerprint density at radius 1 is 0.532 bits per heavy atom. The molecule has 0 N–H and O–H groups in total. The normalized spacial score (nSPS) is 12.6. The zero-order valence-electron chi connectivity index (χ0n) is 24.9. The molecule has 7 aromatic carbocycles. The number of benzene rings is 7. The first-order chi connectivity index (χ1) is 23.3. The van der Waals surface area contributed by atoms with Gasteiger partial charge in [0.15, 0.2) is 5.58 Å². The van der Waals surface area contributed by atoms with Crippen LogP contribution in [0.5, 0.6) is 0 Å². The van der Waals surface area contributed by atoms with Gasteiger partial charge in [-0.3, -0.25) is 4.90 Å². The minimum Gasteiger partial charge on any atom is -0.452 e. The summed E-state index contributed by atoms with van der Waals surface area (Å²) in [6.45, 7) is 0. The van der Waals surface area contributed by atoms with Gasteiger partial charge in [0.25, 0.3) is 0 Å². The van der Waals surface area contributed by atoms with Crippen LogP contribution in [0.25, 0.3) is 86.2 Å². The highest BCUT2D eigenvalue weighted by molar-refractivity contribution is 7.26. The molecule has 218 valence electrons. The third-order valence-corrected chi connectivity index (χ3v) is 10.8. The van der Waals surface area contributed by atoms with Crippen LogP contribution in [0.2, 0.25) is 0 Å². The smallest absolute Gasteiger partial charge is 0.236 e. The molecule has 0 saturated heterocycles. The van der Waals surface area contributed by atoms with Crippen LogP contribution >= 0.6 is 11.3 Å².